The van der Waals surface area contributed by atoms with Gasteiger partial charge in [0.15, 0.2) is 0 Å². The number of Topliss-reactive ketones (excluding diaryl/α,β-unsaturated/α-hetero) is 1. The molecule has 2 heterocycles. The van der Waals surface area contributed by atoms with Crippen molar-refractivity contribution in [3.63, 3.8) is 0 Å². The largest absolute Gasteiger partial charge is 0.445 e. The summed E-state index contributed by atoms with van der Waals surface area (Å²) >= 11 is 0. The highest BCUT2D eigenvalue weighted by atomic mass is 19.1. The number of imide groups is 1. The van der Waals surface area contributed by atoms with Crippen LogP contribution in [0.2, 0.25) is 0 Å². The number of hydrogen-bond acceptors (Lipinski definition) is 6. The van der Waals surface area contributed by atoms with Crippen molar-refractivity contribution < 1.29 is 28.6 Å². The van der Waals surface area contributed by atoms with Crippen molar-refractivity contribution in [3.8, 4) is 0 Å². The minimum atomic E-state index is -0.821. The van der Waals surface area contributed by atoms with E-state index in [9.17, 15) is 23.9 Å². The van der Waals surface area contributed by atoms with Gasteiger partial charge in [-0.05, 0) is 73.7 Å². The number of aliphatic hydroxyl groups excluding tert-OH is 1. The van der Waals surface area contributed by atoms with E-state index in [-0.39, 0.29) is 59.5 Å². The lowest BCUT2D eigenvalue weighted by Gasteiger charge is -2.62. The van der Waals surface area contributed by atoms with Gasteiger partial charge in [-0.1, -0.05) is 27.7 Å². The number of alkyl carbamates (subject to hydrolysis) is 1. The number of ketones is 1. The molecule has 7 nitrogen and oxygen atoms in total. The molecule has 0 aromatic heterocycles. The number of piperidine rings is 1. The summed E-state index contributed by atoms with van der Waals surface area (Å²) in [5, 5.41) is 14.1. The van der Waals surface area contributed by atoms with Crippen LogP contribution in [-0.2, 0) is 14.3 Å². The number of halogens is 1. The third-order valence-electron chi connectivity index (χ3n) is 11.7. The second kappa shape index (κ2) is 9.04. The quantitative estimate of drug-likeness (QED) is 0.603. The number of ether oxygens (including phenoxy) is 1. The average molecular weight is 507 g/mol. The van der Waals surface area contributed by atoms with Crippen LogP contribution in [0.25, 0.3) is 0 Å². The maximum Gasteiger partial charge on any atom is 0.414 e. The normalized spacial score (nSPS) is 49.8. The summed E-state index contributed by atoms with van der Waals surface area (Å²) in [5.41, 5.74) is -1.86. The fraction of sp³-hybridized carbons (Fsp3) is 0.893. The molecule has 0 spiro atoms. The number of hydrogen-bond donors (Lipinski definition) is 2. The van der Waals surface area contributed by atoms with Crippen LogP contribution in [0, 0.1) is 45.8 Å². The van der Waals surface area contributed by atoms with Gasteiger partial charge in [-0.15, -0.1) is 0 Å². The molecule has 8 heteroatoms. The predicted octanol–water partition coefficient (Wildman–Crippen LogP) is 3.73. The standard InChI is InChI=1S/C28H43FN2O5/c1-16-5-8-28-9-6-20(32)22(28)27(16,4)21(13-26(3,10-11-29)23(33)17(28)2)36-25(35)30-24(34)19-15-31-12-7-18(19)14-31/h16-19,21-23,33H,5-15H2,1-4H3,(H,30,34,35)/t16-,17+,18-,19+,21-,22?,23+,26-,27+,28?/m1/s1. The molecule has 0 aromatic rings. The van der Waals surface area contributed by atoms with Gasteiger partial charge in [0, 0.05) is 30.8 Å². The van der Waals surface area contributed by atoms with Gasteiger partial charge in [0.25, 0.3) is 0 Å². The Morgan fingerprint density at radius 2 is 1.94 bits per heavy atom. The SMILES string of the molecule is C[C@@H]1CCC23CCC(=O)C2[C@]1(C)[C@H](OC(=O)NC(=O)[C@H]1CN2CC[C@@H]1C2)C[C@@](C)(CCF)[C@@H](O)[C@@H]3C. The topological polar surface area (TPSA) is 95.9 Å². The molecule has 36 heavy (non-hydrogen) atoms. The van der Waals surface area contributed by atoms with E-state index in [1.54, 1.807) is 0 Å². The molecule has 5 rings (SSSR count). The minimum Gasteiger partial charge on any atom is -0.445 e. The molecule has 5 fully saturated rings. The van der Waals surface area contributed by atoms with E-state index < -0.39 is 35.8 Å². The number of rotatable bonds is 4. The van der Waals surface area contributed by atoms with Crippen LogP contribution in [0.1, 0.15) is 72.6 Å². The third kappa shape index (κ3) is 3.76. The lowest BCUT2D eigenvalue weighted by Crippen LogP contribution is -2.63. The van der Waals surface area contributed by atoms with Crippen LogP contribution < -0.4 is 5.32 Å². The molecule has 2 amide bonds. The first-order chi connectivity index (χ1) is 17.0. The summed E-state index contributed by atoms with van der Waals surface area (Å²) in [6, 6.07) is 0. The molecule has 2 aliphatic heterocycles. The number of fused-ring (bicyclic) bond motifs is 2. The third-order valence-corrected chi connectivity index (χ3v) is 11.7. The molecule has 5 aliphatic rings. The Hall–Kier alpha value is -1.54. The van der Waals surface area contributed by atoms with Gasteiger partial charge in [-0.2, -0.15) is 0 Å². The Bertz CT molecular complexity index is 930. The second-order valence-corrected chi connectivity index (χ2v) is 13.3. The summed E-state index contributed by atoms with van der Waals surface area (Å²) in [6.45, 7) is 10.1. The van der Waals surface area contributed by atoms with Crippen molar-refractivity contribution in [3.05, 3.63) is 0 Å². The van der Waals surface area contributed by atoms with E-state index in [0.717, 1.165) is 32.4 Å². The van der Waals surface area contributed by atoms with Crippen LogP contribution >= 0.6 is 0 Å². The van der Waals surface area contributed by atoms with Crippen molar-refractivity contribution in [1.82, 2.24) is 10.2 Å². The fourth-order valence-corrected chi connectivity index (χ4v) is 9.25. The van der Waals surface area contributed by atoms with Crippen LogP contribution in [0.15, 0.2) is 0 Å². The predicted molar refractivity (Wildman–Crippen MR) is 132 cm³/mol. The molecule has 0 radical (unpaired) electrons. The number of carbonyl (C=O) groups is 3. The van der Waals surface area contributed by atoms with E-state index >= 15 is 0 Å². The average Bonchev–Trinajstić information content (AvgIpc) is 3.55. The molecule has 11 atom stereocenters. The molecule has 3 unspecified atom stereocenters. The number of amides is 2. The number of carbonyl (C=O) groups excluding carboxylic acids is 3. The highest BCUT2D eigenvalue weighted by Gasteiger charge is 2.68. The Morgan fingerprint density at radius 3 is 2.58 bits per heavy atom. The highest BCUT2D eigenvalue weighted by Crippen LogP contribution is 2.68. The van der Waals surface area contributed by atoms with Crippen molar-refractivity contribution in [2.45, 2.75) is 84.8 Å². The van der Waals surface area contributed by atoms with Crippen LogP contribution in [-0.4, -0.2) is 66.3 Å². The van der Waals surface area contributed by atoms with Gasteiger partial charge in [-0.25, -0.2) is 4.79 Å². The Kier molecular flexibility index (Phi) is 6.55. The van der Waals surface area contributed by atoms with E-state index in [4.69, 9.17) is 4.74 Å². The number of nitrogens with one attached hydrogen (secondary N) is 1. The van der Waals surface area contributed by atoms with Gasteiger partial charge in [0.2, 0.25) is 5.91 Å². The van der Waals surface area contributed by atoms with Gasteiger partial charge >= 0.3 is 6.09 Å². The van der Waals surface area contributed by atoms with Crippen molar-refractivity contribution >= 4 is 17.8 Å². The van der Waals surface area contributed by atoms with E-state index in [1.807, 2.05) is 13.8 Å². The molecule has 2 saturated heterocycles. The fourth-order valence-electron chi connectivity index (χ4n) is 9.25. The smallest absolute Gasteiger partial charge is 0.414 e. The van der Waals surface area contributed by atoms with Crippen molar-refractivity contribution in [2.75, 3.05) is 26.3 Å². The zero-order valence-corrected chi connectivity index (χ0v) is 22.2. The molecule has 202 valence electrons. The lowest BCUT2D eigenvalue weighted by molar-refractivity contribution is -0.199. The summed E-state index contributed by atoms with van der Waals surface area (Å²) in [6.07, 6.45) is 1.92. The van der Waals surface area contributed by atoms with Gasteiger partial charge in [0.1, 0.15) is 11.9 Å². The van der Waals surface area contributed by atoms with Gasteiger partial charge in [0.05, 0.1) is 18.7 Å². The van der Waals surface area contributed by atoms with Crippen molar-refractivity contribution in [2.24, 2.45) is 45.8 Å². The minimum absolute atomic E-state index is 0.0987. The molecule has 0 aromatic carbocycles. The van der Waals surface area contributed by atoms with Gasteiger partial charge in [-0.3, -0.25) is 19.3 Å². The van der Waals surface area contributed by atoms with Crippen molar-refractivity contribution in [1.29, 1.82) is 0 Å². The summed E-state index contributed by atoms with van der Waals surface area (Å²) in [5.74, 6) is -0.458. The molecule has 3 saturated carbocycles. The number of alkyl halides is 1. The Balaban J connectivity index is 1.46. The zero-order valence-electron chi connectivity index (χ0n) is 22.2. The first-order valence-electron chi connectivity index (χ1n) is 14.0. The van der Waals surface area contributed by atoms with E-state index in [1.165, 1.54) is 0 Å². The monoisotopic (exact) mass is 506 g/mol. The maximum atomic E-state index is 13.8. The number of nitrogens with zero attached hydrogens (tertiary/aromatic N) is 1. The molecular weight excluding hydrogens is 463 g/mol. The Morgan fingerprint density at radius 1 is 1.19 bits per heavy atom. The van der Waals surface area contributed by atoms with Crippen LogP contribution in [0.4, 0.5) is 9.18 Å². The highest BCUT2D eigenvalue weighted by molar-refractivity contribution is 5.93. The molecule has 3 aliphatic carbocycles. The lowest BCUT2D eigenvalue weighted by atomic mass is 9.43. The first kappa shape index (κ1) is 26.1. The first-order valence-corrected chi connectivity index (χ1v) is 14.0. The summed E-state index contributed by atoms with van der Waals surface area (Å²) < 4.78 is 19.9. The summed E-state index contributed by atoms with van der Waals surface area (Å²) in [7, 11) is 0. The van der Waals surface area contributed by atoms with E-state index in [0.29, 0.717) is 19.4 Å². The van der Waals surface area contributed by atoms with Crippen LogP contribution in [0.5, 0.6) is 0 Å². The number of aliphatic hydroxyl groups is 1. The van der Waals surface area contributed by atoms with Gasteiger partial charge < -0.3 is 14.7 Å². The zero-order chi connectivity index (χ0) is 26.0. The molecule has 4 bridgehead atoms. The summed E-state index contributed by atoms with van der Waals surface area (Å²) in [4.78, 5) is 41.9. The maximum absolute atomic E-state index is 13.8. The molecule has 2 N–H and O–H groups in total. The second-order valence-electron chi connectivity index (χ2n) is 13.3. The van der Waals surface area contributed by atoms with Crippen LogP contribution in [0.3, 0.4) is 0 Å². The van der Waals surface area contributed by atoms with E-state index in [2.05, 4.69) is 24.1 Å². The molecular formula is C28H43FN2O5. The Labute approximate surface area is 213 Å².